The number of hydrogen-bond acceptors (Lipinski definition) is 5. The molecule has 0 saturated carbocycles. The topological polar surface area (TPSA) is 108 Å². The van der Waals surface area contributed by atoms with Crippen LogP contribution in [0.1, 0.15) is 0 Å². The van der Waals surface area contributed by atoms with Gasteiger partial charge < -0.3 is 20.5 Å². The first kappa shape index (κ1) is 14.1. The number of nitrogens with one attached hydrogen (secondary N) is 1. The summed E-state index contributed by atoms with van der Waals surface area (Å²) in [6.45, 7) is 0.694. The number of carbonyl (C=O) groups is 2. The first-order chi connectivity index (χ1) is 8.61. The number of amides is 2. The highest BCUT2D eigenvalue weighted by molar-refractivity contribution is 5.91. The second-order valence-corrected chi connectivity index (χ2v) is 3.49. The minimum atomic E-state index is -0.501. The van der Waals surface area contributed by atoms with Gasteiger partial charge in [-0.05, 0) is 0 Å². The predicted molar refractivity (Wildman–Crippen MR) is 62.7 cm³/mol. The molecule has 0 atom stereocenters. The average molecular weight is 256 g/mol. The SMILES string of the molecule is COCCOCC(=O)Nc1cnn(CC(N)=O)c1. The third-order valence-corrected chi connectivity index (χ3v) is 1.90. The van der Waals surface area contributed by atoms with Crippen molar-refractivity contribution in [2.45, 2.75) is 6.54 Å². The van der Waals surface area contributed by atoms with Crippen LogP contribution in [0.4, 0.5) is 5.69 Å². The summed E-state index contributed by atoms with van der Waals surface area (Å²) in [5, 5.41) is 6.43. The van der Waals surface area contributed by atoms with Gasteiger partial charge in [0.1, 0.15) is 13.2 Å². The molecule has 8 heteroatoms. The van der Waals surface area contributed by atoms with Crippen LogP contribution in [-0.4, -0.2) is 48.5 Å². The molecule has 100 valence electrons. The zero-order chi connectivity index (χ0) is 13.4. The van der Waals surface area contributed by atoms with Crippen LogP contribution in [0.2, 0.25) is 0 Å². The zero-order valence-electron chi connectivity index (χ0n) is 10.1. The van der Waals surface area contributed by atoms with Gasteiger partial charge in [0.05, 0.1) is 25.1 Å². The number of anilines is 1. The Bertz CT molecular complexity index is 404. The molecule has 0 aliphatic carbocycles. The van der Waals surface area contributed by atoms with Crippen LogP contribution in [0.5, 0.6) is 0 Å². The fraction of sp³-hybridized carbons (Fsp3) is 0.500. The molecule has 0 aromatic carbocycles. The third-order valence-electron chi connectivity index (χ3n) is 1.90. The van der Waals surface area contributed by atoms with Crippen molar-refractivity contribution in [3.8, 4) is 0 Å². The van der Waals surface area contributed by atoms with E-state index < -0.39 is 5.91 Å². The molecule has 0 aliphatic heterocycles. The third kappa shape index (κ3) is 5.41. The predicted octanol–water partition coefficient (Wildman–Crippen LogP) is -1.03. The molecule has 1 aromatic rings. The smallest absolute Gasteiger partial charge is 0.250 e. The Hall–Kier alpha value is -1.93. The van der Waals surface area contributed by atoms with Crippen molar-refractivity contribution in [1.29, 1.82) is 0 Å². The lowest BCUT2D eigenvalue weighted by atomic mass is 10.5. The number of primary amides is 1. The molecule has 1 heterocycles. The van der Waals surface area contributed by atoms with Gasteiger partial charge in [-0.1, -0.05) is 0 Å². The van der Waals surface area contributed by atoms with E-state index in [4.69, 9.17) is 15.2 Å². The van der Waals surface area contributed by atoms with Crippen molar-refractivity contribution in [2.75, 3.05) is 32.2 Å². The highest BCUT2D eigenvalue weighted by Crippen LogP contribution is 2.04. The van der Waals surface area contributed by atoms with E-state index >= 15 is 0 Å². The van der Waals surface area contributed by atoms with E-state index in [-0.39, 0.29) is 19.1 Å². The number of nitrogens with two attached hydrogens (primary N) is 1. The van der Waals surface area contributed by atoms with Crippen molar-refractivity contribution in [3.63, 3.8) is 0 Å². The van der Waals surface area contributed by atoms with Gasteiger partial charge in [-0.2, -0.15) is 5.10 Å². The maximum Gasteiger partial charge on any atom is 0.250 e. The second kappa shape index (κ2) is 7.41. The lowest BCUT2D eigenvalue weighted by Gasteiger charge is -2.03. The number of carbonyl (C=O) groups excluding carboxylic acids is 2. The van der Waals surface area contributed by atoms with Crippen LogP contribution in [0, 0.1) is 0 Å². The van der Waals surface area contributed by atoms with Gasteiger partial charge in [0.15, 0.2) is 0 Å². The molecule has 0 fully saturated rings. The maximum atomic E-state index is 11.4. The molecule has 0 aliphatic rings. The Morgan fingerprint density at radius 3 is 2.94 bits per heavy atom. The summed E-state index contributed by atoms with van der Waals surface area (Å²) >= 11 is 0. The highest BCUT2D eigenvalue weighted by Gasteiger charge is 2.05. The van der Waals surface area contributed by atoms with Crippen LogP contribution in [0.25, 0.3) is 0 Å². The van der Waals surface area contributed by atoms with E-state index in [1.54, 1.807) is 7.11 Å². The number of rotatable bonds is 8. The van der Waals surface area contributed by atoms with E-state index in [9.17, 15) is 9.59 Å². The van der Waals surface area contributed by atoms with Crippen molar-refractivity contribution in [1.82, 2.24) is 9.78 Å². The van der Waals surface area contributed by atoms with Crippen LogP contribution in [0.15, 0.2) is 12.4 Å². The van der Waals surface area contributed by atoms with Crippen molar-refractivity contribution >= 4 is 17.5 Å². The Morgan fingerprint density at radius 2 is 2.28 bits per heavy atom. The van der Waals surface area contributed by atoms with Gasteiger partial charge in [-0.25, -0.2) is 0 Å². The highest BCUT2D eigenvalue weighted by atomic mass is 16.5. The van der Waals surface area contributed by atoms with Gasteiger partial charge in [0.25, 0.3) is 0 Å². The summed E-state index contributed by atoms with van der Waals surface area (Å²) in [7, 11) is 1.55. The minimum Gasteiger partial charge on any atom is -0.382 e. The Kier molecular flexibility index (Phi) is 5.81. The second-order valence-electron chi connectivity index (χ2n) is 3.49. The number of aromatic nitrogens is 2. The number of ether oxygens (including phenoxy) is 2. The Balaban J connectivity index is 2.31. The number of methoxy groups -OCH3 is 1. The Labute approximate surface area is 104 Å². The van der Waals surface area contributed by atoms with Crippen LogP contribution in [-0.2, 0) is 25.6 Å². The molecular formula is C10H16N4O4. The van der Waals surface area contributed by atoms with E-state index in [1.165, 1.54) is 17.1 Å². The summed E-state index contributed by atoms with van der Waals surface area (Å²) < 4.78 is 11.1. The molecule has 1 aromatic heterocycles. The summed E-state index contributed by atoms with van der Waals surface area (Å²) in [5.74, 6) is -0.802. The summed E-state index contributed by atoms with van der Waals surface area (Å²) in [6.07, 6.45) is 2.94. The fourth-order valence-electron chi connectivity index (χ4n) is 1.18. The molecule has 8 nitrogen and oxygen atoms in total. The lowest BCUT2D eigenvalue weighted by molar-refractivity contribution is -0.121. The van der Waals surface area contributed by atoms with Gasteiger partial charge >= 0.3 is 0 Å². The van der Waals surface area contributed by atoms with Crippen molar-refractivity contribution in [2.24, 2.45) is 5.73 Å². The standard InChI is InChI=1S/C10H16N4O4/c1-17-2-3-18-7-10(16)13-8-4-12-14(5-8)6-9(11)15/h4-5H,2-3,6-7H2,1H3,(H2,11,15)(H,13,16). The number of nitrogens with zero attached hydrogens (tertiary/aromatic N) is 2. The van der Waals surface area contributed by atoms with Gasteiger partial charge in [0.2, 0.25) is 11.8 Å². The lowest BCUT2D eigenvalue weighted by Crippen LogP contribution is -2.20. The molecule has 18 heavy (non-hydrogen) atoms. The molecule has 0 unspecified atom stereocenters. The van der Waals surface area contributed by atoms with Gasteiger partial charge in [-0.3, -0.25) is 14.3 Å². The van der Waals surface area contributed by atoms with Gasteiger partial charge in [0, 0.05) is 13.3 Å². The monoisotopic (exact) mass is 256 g/mol. The molecule has 0 radical (unpaired) electrons. The molecule has 0 bridgehead atoms. The largest absolute Gasteiger partial charge is 0.382 e. The van der Waals surface area contributed by atoms with E-state index in [2.05, 4.69) is 10.4 Å². The maximum absolute atomic E-state index is 11.4. The van der Waals surface area contributed by atoms with Crippen LogP contribution in [0.3, 0.4) is 0 Å². The zero-order valence-corrected chi connectivity index (χ0v) is 10.1. The first-order valence-electron chi connectivity index (χ1n) is 5.29. The summed E-state index contributed by atoms with van der Waals surface area (Å²) in [5.41, 5.74) is 5.49. The number of hydrogen-bond donors (Lipinski definition) is 2. The van der Waals surface area contributed by atoms with Gasteiger partial charge in [-0.15, -0.1) is 0 Å². The van der Waals surface area contributed by atoms with Crippen molar-refractivity contribution in [3.05, 3.63) is 12.4 Å². The minimum absolute atomic E-state index is 0.0276. The molecule has 0 spiro atoms. The molecule has 3 N–H and O–H groups in total. The molecule has 1 rings (SSSR count). The molecular weight excluding hydrogens is 240 g/mol. The first-order valence-corrected chi connectivity index (χ1v) is 5.29. The fourth-order valence-corrected chi connectivity index (χ4v) is 1.18. The normalized spacial score (nSPS) is 10.3. The molecule has 0 saturated heterocycles. The van der Waals surface area contributed by atoms with Crippen molar-refractivity contribution < 1.29 is 19.1 Å². The summed E-state index contributed by atoms with van der Waals surface area (Å²) in [4.78, 5) is 22.0. The van der Waals surface area contributed by atoms with Crippen LogP contribution >= 0.6 is 0 Å². The van der Waals surface area contributed by atoms with Crippen LogP contribution < -0.4 is 11.1 Å². The van der Waals surface area contributed by atoms with E-state index in [0.29, 0.717) is 18.9 Å². The average Bonchev–Trinajstić information content (AvgIpc) is 2.71. The quantitative estimate of drug-likeness (QED) is 0.578. The summed E-state index contributed by atoms with van der Waals surface area (Å²) in [6, 6.07) is 0. The molecule has 2 amide bonds. The van der Waals surface area contributed by atoms with E-state index in [0.717, 1.165) is 0 Å². The Morgan fingerprint density at radius 1 is 1.50 bits per heavy atom. The van der Waals surface area contributed by atoms with E-state index in [1.807, 2.05) is 0 Å².